The summed E-state index contributed by atoms with van der Waals surface area (Å²) in [5.74, 6) is -0.830. The first kappa shape index (κ1) is 53.7. The van der Waals surface area contributed by atoms with E-state index in [2.05, 4.69) is 32.1 Å². The fraction of sp³-hybridized carbons (Fsp3) is 0.792. The summed E-state index contributed by atoms with van der Waals surface area (Å²) in [5.41, 5.74) is 0. The van der Waals surface area contributed by atoms with Crippen LogP contribution < -0.4 is 0 Å². The Kier molecular flexibility index (Phi) is 35.9. The van der Waals surface area contributed by atoms with Gasteiger partial charge in [0, 0.05) is 12.8 Å². The van der Waals surface area contributed by atoms with Gasteiger partial charge < -0.3 is 39.4 Å². The molecule has 0 amide bonds. The highest BCUT2D eigenvalue weighted by Crippen LogP contribution is 2.23. The van der Waals surface area contributed by atoms with E-state index in [1.165, 1.54) is 96.3 Å². The van der Waals surface area contributed by atoms with Gasteiger partial charge in [-0.05, 0) is 32.1 Å². The average molecular weight is 821 g/mol. The molecule has 0 aromatic heterocycles. The van der Waals surface area contributed by atoms with Crippen LogP contribution in [0.25, 0.3) is 0 Å². The Morgan fingerprint density at radius 1 is 0.552 bits per heavy atom. The number of esters is 2. The summed E-state index contributed by atoms with van der Waals surface area (Å²) in [6.45, 7) is 3.27. The maximum absolute atomic E-state index is 12.8. The number of carbonyl (C=O) groups is 2. The third-order valence-electron chi connectivity index (χ3n) is 10.6. The van der Waals surface area contributed by atoms with Crippen molar-refractivity contribution in [3.05, 3.63) is 48.6 Å². The standard InChI is InChI=1S/C48H84O10/c1-3-5-7-9-11-13-15-17-19-20-21-23-24-26-28-30-32-34-36-43(50)55-39-41(40-56-48-47(54)46(53)45(52)42(38-49)58-48)57-44(51)37-35-33-31-29-27-25-22-18-16-14-12-10-8-6-4-2/h6,8,10,12,14,16,18,22,41-42,45-49,52-54H,3-5,7,9,11,13,15,17,19-21,23-40H2,1-2H3/b8-6+,12-10+,16-14+,22-18+/t41-,42-,45+,46?,47?,48-/m0/s1. The zero-order valence-electron chi connectivity index (χ0n) is 36.5. The molecule has 1 fully saturated rings. The molecule has 1 heterocycles. The maximum Gasteiger partial charge on any atom is 0.306 e. The minimum atomic E-state index is -1.60. The van der Waals surface area contributed by atoms with Crippen molar-refractivity contribution in [2.75, 3.05) is 19.8 Å². The van der Waals surface area contributed by atoms with Crippen molar-refractivity contribution in [2.45, 2.75) is 224 Å². The first-order chi connectivity index (χ1) is 28.3. The van der Waals surface area contributed by atoms with E-state index < -0.39 is 49.4 Å². The summed E-state index contributed by atoms with van der Waals surface area (Å²) >= 11 is 0. The van der Waals surface area contributed by atoms with E-state index in [-0.39, 0.29) is 32.0 Å². The molecule has 10 nitrogen and oxygen atoms in total. The summed E-state index contributed by atoms with van der Waals surface area (Å²) in [6, 6.07) is 0. The second kappa shape index (κ2) is 38.8. The predicted molar refractivity (Wildman–Crippen MR) is 233 cm³/mol. The number of carbonyl (C=O) groups excluding carboxylic acids is 2. The van der Waals surface area contributed by atoms with Crippen LogP contribution in [0, 0.1) is 0 Å². The van der Waals surface area contributed by atoms with Crippen LogP contribution in [0.2, 0.25) is 0 Å². The molecule has 0 saturated carbocycles. The number of hydrogen-bond donors (Lipinski definition) is 4. The molecule has 1 saturated heterocycles. The molecule has 0 spiro atoms. The van der Waals surface area contributed by atoms with Crippen LogP contribution in [0.5, 0.6) is 0 Å². The van der Waals surface area contributed by atoms with Crippen molar-refractivity contribution in [3.8, 4) is 0 Å². The number of ether oxygens (including phenoxy) is 4. The molecule has 1 aliphatic rings. The highest BCUT2D eigenvalue weighted by Gasteiger charge is 2.44. The Morgan fingerprint density at radius 3 is 1.53 bits per heavy atom. The Balaban J connectivity index is 2.31. The van der Waals surface area contributed by atoms with Crippen molar-refractivity contribution < 1.29 is 49.0 Å². The number of unbranched alkanes of at least 4 members (excludes halogenated alkanes) is 22. The molecule has 1 aliphatic heterocycles. The van der Waals surface area contributed by atoms with Crippen molar-refractivity contribution in [2.24, 2.45) is 0 Å². The average Bonchev–Trinajstić information content (AvgIpc) is 3.22. The van der Waals surface area contributed by atoms with E-state index in [9.17, 15) is 30.0 Å². The van der Waals surface area contributed by atoms with E-state index in [1.54, 1.807) is 0 Å². The lowest BCUT2D eigenvalue weighted by Crippen LogP contribution is -2.59. The van der Waals surface area contributed by atoms with Gasteiger partial charge in [-0.25, -0.2) is 0 Å². The van der Waals surface area contributed by atoms with Crippen LogP contribution in [0.15, 0.2) is 48.6 Å². The van der Waals surface area contributed by atoms with Crippen LogP contribution in [0.3, 0.4) is 0 Å². The minimum absolute atomic E-state index is 0.204. The van der Waals surface area contributed by atoms with E-state index >= 15 is 0 Å². The molecule has 0 bridgehead atoms. The predicted octanol–water partition coefficient (Wildman–Crippen LogP) is 10.1. The van der Waals surface area contributed by atoms with Crippen molar-refractivity contribution in [1.82, 2.24) is 0 Å². The van der Waals surface area contributed by atoms with E-state index in [0.29, 0.717) is 6.42 Å². The first-order valence-electron chi connectivity index (χ1n) is 23.3. The third kappa shape index (κ3) is 29.8. The largest absolute Gasteiger partial charge is 0.462 e. The number of hydrogen-bond acceptors (Lipinski definition) is 10. The summed E-state index contributed by atoms with van der Waals surface area (Å²) in [5, 5.41) is 40.1. The van der Waals surface area contributed by atoms with E-state index in [4.69, 9.17) is 18.9 Å². The van der Waals surface area contributed by atoms with Crippen LogP contribution in [-0.2, 0) is 28.5 Å². The Labute approximate surface area is 352 Å². The molecular weight excluding hydrogens is 737 g/mol. The van der Waals surface area contributed by atoms with Crippen molar-refractivity contribution >= 4 is 11.9 Å². The molecule has 10 heteroatoms. The zero-order valence-corrected chi connectivity index (χ0v) is 36.5. The summed E-state index contributed by atoms with van der Waals surface area (Å²) in [4.78, 5) is 25.3. The second-order valence-corrected chi connectivity index (χ2v) is 15.9. The van der Waals surface area contributed by atoms with Crippen LogP contribution in [0.4, 0.5) is 0 Å². The smallest absolute Gasteiger partial charge is 0.306 e. The summed E-state index contributed by atoms with van der Waals surface area (Å²) in [6.07, 6.45) is 38.3. The Bertz CT molecular complexity index is 1090. The van der Waals surface area contributed by atoms with Gasteiger partial charge in [0.2, 0.25) is 0 Å². The highest BCUT2D eigenvalue weighted by molar-refractivity contribution is 5.70. The van der Waals surface area contributed by atoms with E-state index in [1.807, 2.05) is 30.4 Å². The molecule has 0 radical (unpaired) electrons. The summed E-state index contributed by atoms with van der Waals surface area (Å²) in [7, 11) is 0. The fourth-order valence-corrected chi connectivity index (χ4v) is 6.91. The Morgan fingerprint density at radius 2 is 1.02 bits per heavy atom. The minimum Gasteiger partial charge on any atom is -0.462 e. The van der Waals surface area contributed by atoms with Gasteiger partial charge >= 0.3 is 11.9 Å². The topological polar surface area (TPSA) is 152 Å². The molecular formula is C48H84O10. The molecule has 336 valence electrons. The molecule has 4 N–H and O–H groups in total. The van der Waals surface area contributed by atoms with Gasteiger partial charge in [0.15, 0.2) is 12.4 Å². The lowest BCUT2D eigenvalue weighted by molar-refractivity contribution is -0.305. The highest BCUT2D eigenvalue weighted by atomic mass is 16.7. The third-order valence-corrected chi connectivity index (χ3v) is 10.6. The Hall–Kier alpha value is -2.34. The molecule has 0 aromatic rings. The quantitative estimate of drug-likeness (QED) is 0.0269. The molecule has 58 heavy (non-hydrogen) atoms. The normalized spacial score (nSPS) is 20.6. The number of aliphatic hydroxyl groups excluding tert-OH is 4. The SMILES string of the molecule is CC/C=C/C=C/C=C/C=C/CCCCCCCC(=O)O[C@@H](COC(=O)CCCCCCCCCCCCCCCCCCCC)CO[C@H]1O[C@@H](CO)[C@@H](O)C(O)C1O. The van der Waals surface area contributed by atoms with E-state index in [0.717, 1.165) is 57.8 Å². The monoisotopic (exact) mass is 821 g/mol. The van der Waals surface area contributed by atoms with Crippen molar-refractivity contribution in [1.29, 1.82) is 0 Å². The molecule has 2 unspecified atom stereocenters. The number of rotatable bonds is 38. The van der Waals surface area contributed by atoms with Crippen LogP contribution in [-0.4, -0.2) is 89.0 Å². The maximum atomic E-state index is 12.8. The lowest BCUT2D eigenvalue weighted by Gasteiger charge is -2.39. The van der Waals surface area contributed by atoms with Gasteiger partial charge in [0.1, 0.15) is 31.0 Å². The van der Waals surface area contributed by atoms with Crippen LogP contribution >= 0.6 is 0 Å². The van der Waals surface area contributed by atoms with Crippen molar-refractivity contribution in [3.63, 3.8) is 0 Å². The van der Waals surface area contributed by atoms with Gasteiger partial charge in [-0.15, -0.1) is 0 Å². The molecule has 6 atom stereocenters. The van der Waals surface area contributed by atoms with Gasteiger partial charge in [0.05, 0.1) is 13.2 Å². The number of allylic oxidation sites excluding steroid dienone is 8. The second-order valence-electron chi connectivity index (χ2n) is 15.9. The first-order valence-corrected chi connectivity index (χ1v) is 23.3. The van der Waals surface area contributed by atoms with Gasteiger partial charge in [-0.2, -0.15) is 0 Å². The molecule has 0 aliphatic carbocycles. The van der Waals surface area contributed by atoms with Gasteiger partial charge in [-0.1, -0.05) is 191 Å². The van der Waals surface area contributed by atoms with Gasteiger partial charge in [0.25, 0.3) is 0 Å². The fourth-order valence-electron chi connectivity index (χ4n) is 6.91. The zero-order chi connectivity index (χ0) is 42.3. The van der Waals surface area contributed by atoms with Crippen LogP contribution in [0.1, 0.15) is 187 Å². The lowest BCUT2D eigenvalue weighted by atomic mass is 9.99. The molecule has 1 rings (SSSR count). The van der Waals surface area contributed by atoms with Gasteiger partial charge in [-0.3, -0.25) is 9.59 Å². The number of aliphatic hydroxyl groups is 4. The summed E-state index contributed by atoms with van der Waals surface area (Å²) < 4.78 is 22.2. The molecule has 0 aromatic carbocycles.